The van der Waals surface area contributed by atoms with Gasteiger partial charge in [0.2, 0.25) is 5.91 Å². The Morgan fingerprint density at radius 2 is 1.68 bits per heavy atom. The van der Waals surface area contributed by atoms with Gasteiger partial charge in [0.15, 0.2) is 0 Å². The quantitative estimate of drug-likeness (QED) is 0.669. The molecule has 1 N–H and O–H groups in total. The smallest absolute Gasteiger partial charge is 0.234 e. The van der Waals surface area contributed by atoms with E-state index in [-0.39, 0.29) is 5.91 Å². The van der Waals surface area contributed by atoms with Crippen LogP contribution >= 0.6 is 11.3 Å². The monoisotopic (exact) mass is 394 g/mol. The largest absolute Gasteiger partial charge is 0.355 e. The van der Waals surface area contributed by atoms with Crippen LogP contribution in [0.2, 0.25) is 0 Å². The zero-order chi connectivity index (χ0) is 19.2. The lowest BCUT2D eigenvalue weighted by molar-refractivity contribution is -0.122. The lowest BCUT2D eigenvalue weighted by atomic mass is 10.1. The number of piperazine rings is 1. The number of amides is 1. The molecule has 1 saturated heterocycles. The first-order valence-electron chi connectivity index (χ1n) is 9.86. The van der Waals surface area contributed by atoms with Crippen LogP contribution in [-0.4, -0.2) is 60.0 Å². The number of thiazole rings is 1. The van der Waals surface area contributed by atoms with Gasteiger partial charge < -0.3 is 5.32 Å². The maximum Gasteiger partial charge on any atom is 0.234 e. The van der Waals surface area contributed by atoms with Crippen molar-refractivity contribution in [1.82, 2.24) is 20.1 Å². The van der Waals surface area contributed by atoms with Crippen molar-refractivity contribution in [2.45, 2.75) is 13.0 Å². The van der Waals surface area contributed by atoms with Crippen molar-refractivity contribution in [3.05, 3.63) is 65.2 Å². The number of carbonyl (C=O) groups excluding carboxylic acids is 1. The fraction of sp³-hybridized carbons (Fsp3) is 0.364. The molecule has 2 heterocycles. The maximum absolute atomic E-state index is 12.2. The average Bonchev–Trinajstić information content (AvgIpc) is 3.12. The van der Waals surface area contributed by atoms with Crippen molar-refractivity contribution in [2.24, 2.45) is 0 Å². The van der Waals surface area contributed by atoms with Crippen LogP contribution < -0.4 is 5.32 Å². The number of rotatable bonds is 7. The summed E-state index contributed by atoms with van der Waals surface area (Å²) in [4.78, 5) is 21.6. The Hall–Kier alpha value is -2.28. The molecule has 0 radical (unpaired) electrons. The number of hydrogen-bond acceptors (Lipinski definition) is 5. The molecule has 0 unspecified atom stereocenters. The summed E-state index contributed by atoms with van der Waals surface area (Å²) in [5, 5.41) is 4.22. The summed E-state index contributed by atoms with van der Waals surface area (Å²) >= 11 is 1.78. The van der Waals surface area contributed by atoms with Crippen LogP contribution in [0.15, 0.2) is 54.6 Å². The molecule has 6 heteroatoms. The zero-order valence-electron chi connectivity index (χ0n) is 16.0. The molecule has 1 amide bonds. The van der Waals surface area contributed by atoms with E-state index in [0.29, 0.717) is 13.1 Å². The molecule has 1 aliphatic heterocycles. The van der Waals surface area contributed by atoms with Gasteiger partial charge in [-0.2, -0.15) is 0 Å². The van der Waals surface area contributed by atoms with Gasteiger partial charge >= 0.3 is 0 Å². The number of benzene rings is 2. The van der Waals surface area contributed by atoms with Crippen molar-refractivity contribution in [3.8, 4) is 0 Å². The minimum absolute atomic E-state index is 0.121. The number of nitrogens with zero attached hydrogens (tertiary/aromatic N) is 3. The van der Waals surface area contributed by atoms with E-state index in [2.05, 4.69) is 45.4 Å². The third-order valence-electron chi connectivity index (χ3n) is 5.11. The highest BCUT2D eigenvalue weighted by Crippen LogP contribution is 2.22. The van der Waals surface area contributed by atoms with Gasteiger partial charge in [0.25, 0.3) is 0 Å². The summed E-state index contributed by atoms with van der Waals surface area (Å²) in [5.41, 5.74) is 2.35. The Morgan fingerprint density at radius 3 is 2.46 bits per heavy atom. The Bertz CT molecular complexity index is 870. The Morgan fingerprint density at radius 1 is 0.964 bits per heavy atom. The minimum Gasteiger partial charge on any atom is -0.355 e. The first-order chi connectivity index (χ1) is 13.8. The second-order valence-electron chi connectivity index (χ2n) is 7.21. The number of para-hydroxylation sites is 1. The Balaban J connectivity index is 1.17. The van der Waals surface area contributed by atoms with Crippen LogP contribution in [0.5, 0.6) is 0 Å². The highest BCUT2D eigenvalue weighted by Gasteiger charge is 2.19. The summed E-state index contributed by atoms with van der Waals surface area (Å²) in [6.45, 7) is 5.90. The molecule has 2 aromatic carbocycles. The minimum atomic E-state index is 0.121. The van der Waals surface area contributed by atoms with Gasteiger partial charge in [-0.15, -0.1) is 11.3 Å². The molecule has 0 atom stereocenters. The van der Waals surface area contributed by atoms with Crippen molar-refractivity contribution in [2.75, 3.05) is 39.3 Å². The van der Waals surface area contributed by atoms with Gasteiger partial charge in [-0.25, -0.2) is 4.98 Å². The summed E-state index contributed by atoms with van der Waals surface area (Å²) in [6, 6.07) is 18.6. The standard InChI is InChI=1S/C22H26N4OS/c27-21(23-11-10-18-6-2-1-3-7-18)16-25-12-14-26(15-13-25)17-22-24-19-8-4-5-9-20(19)28-22/h1-9H,10-17H2,(H,23,27). The van der Waals surface area contributed by atoms with Gasteiger partial charge in [-0.05, 0) is 24.1 Å². The molecule has 28 heavy (non-hydrogen) atoms. The molecule has 146 valence electrons. The predicted molar refractivity (Wildman–Crippen MR) is 114 cm³/mol. The summed E-state index contributed by atoms with van der Waals surface area (Å²) < 4.78 is 1.25. The van der Waals surface area contributed by atoms with E-state index in [1.54, 1.807) is 11.3 Å². The third-order valence-corrected chi connectivity index (χ3v) is 6.13. The Labute approximate surface area is 170 Å². The highest BCUT2D eigenvalue weighted by molar-refractivity contribution is 7.18. The fourth-order valence-electron chi connectivity index (χ4n) is 3.53. The third kappa shape index (κ3) is 5.16. The van der Waals surface area contributed by atoms with Gasteiger partial charge in [0.05, 0.1) is 23.3 Å². The summed E-state index contributed by atoms with van der Waals surface area (Å²) in [7, 11) is 0. The molecule has 1 aliphatic rings. The molecule has 0 bridgehead atoms. The highest BCUT2D eigenvalue weighted by atomic mass is 32.1. The van der Waals surface area contributed by atoms with E-state index in [4.69, 9.17) is 4.98 Å². The second-order valence-corrected chi connectivity index (χ2v) is 8.33. The SMILES string of the molecule is O=C(CN1CCN(Cc2nc3ccccc3s2)CC1)NCCc1ccccc1. The zero-order valence-corrected chi connectivity index (χ0v) is 16.8. The molecule has 1 aromatic heterocycles. The van der Waals surface area contributed by atoms with E-state index in [1.807, 2.05) is 24.3 Å². The first-order valence-corrected chi connectivity index (χ1v) is 10.7. The predicted octanol–water partition coefficient (Wildman–Crippen LogP) is 2.77. The number of fused-ring (bicyclic) bond motifs is 1. The normalized spacial score (nSPS) is 15.7. The van der Waals surface area contributed by atoms with Crippen molar-refractivity contribution < 1.29 is 4.79 Å². The Kier molecular flexibility index (Phi) is 6.31. The van der Waals surface area contributed by atoms with Gasteiger partial charge in [0, 0.05) is 32.7 Å². The average molecular weight is 395 g/mol. The first kappa shape index (κ1) is 19.1. The van der Waals surface area contributed by atoms with Crippen LogP contribution in [0.1, 0.15) is 10.6 Å². The van der Waals surface area contributed by atoms with Crippen LogP contribution in [0.25, 0.3) is 10.2 Å². The second kappa shape index (κ2) is 9.28. The molecular weight excluding hydrogens is 368 g/mol. The van der Waals surface area contributed by atoms with Crippen molar-refractivity contribution in [3.63, 3.8) is 0 Å². The van der Waals surface area contributed by atoms with Crippen LogP contribution in [0, 0.1) is 0 Å². The molecule has 0 aliphatic carbocycles. The van der Waals surface area contributed by atoms with E-state index < -0.39 is 0 Å². The van der Waals surface area contributed by atoms with Gasteiger partial charge in [0.1, 0.15) is 5.01 Å². The number of hydrogen-bond donors (Lipinski definition) is 1. The molecule has 0 spiro atoms. The van der Waals surface area contributed by atoms with E-state index in [9.17, 15) is 4.79 Å². The fourth-order valence-corrected chi connectivity index (χ4v) is 4.54. The topological polar surface area (TPSA) is 48.5 Å². The number of aromatic nitrogens is 1. The molecule has 5 nitrogen and oxygen atoms in total. The van der Waals surface area contributed by atoms with Crippen LogP contribution in [0.3, 0.4) is 0 Å². The van der Waals surface area contributed by atoms with Crippen molar-refractivity contribution >= 4 is 27.5 Å². The number of nitrogens with one attached hydrogen (secondary N) is 1. The number of carbonyl (C=O) groups is 1. The lowest BCUT2D eigenvalue weighted by Gasteiger charge is -2.33. The molecule has 3 aromatic rings. The molecule has 1 fully saturated rings. The maximum atomic E-state index is 12.2. The van der Waals surface area contributed by atoms with Gasteiger partial charge in [-0.3, -0.25) is 14.6 Å². The van der Waals surface area contributed by atoms with E-state index >= 15 is 0 Å². The molecule has 0 saturated carbocycles. The summed E-state index contributed by atoms with van der Waals surface area (Å²) in [5.74, 6) is 0.121. The van der Waals surface area contributed by atoms with E-state index in [0.717, 1.165) is 44.7 Å². The van der Waals surface area contributed by atoms with Gasteiger partial charge in [-0.1, -0.05) is 42.5 Å². The summed E-state index contributed by atoms with van der Waals surface area (Å²) in [6.07, 6.45) is 0.878. The van der Waals surface area contributed by atoms with Crippen LogP contribution in [0.4, 0.5) is 0 Å². The van der Waals surface area contributed by atoms with Crippen molar-refractivity contribution in [1.29, 1.82) is 0 Å². The molecule has 4 rings (SSSR count). The van der Waals surface area contributed by atoms with Crippen LogP contribution in [-0.2, 0) is 17.8 Å². The van der Waals surface area contributed by atoms with E-state index in [1.165, 1.54) is 15.3 Å². The molecular formula is C22H26N4OS. The lowest BCUT2D eigenvalue weighted by Crippen LogP contribution is -2.49.